The summed E-state index contributed by atoms with van der Waals surface area (Å²) < 4.78 is 50.8. The van der Waals surface area contributed by atoms with Gasteiger partial charge in [-0.3, -0.25) is 15.1 Å². The minimum atomic E-state index is -1.13. The highest BCUT2D eigenvalue weighted by molar-refractivity contribution is 6.32. The van der Waals surface area contributed by atoms with Crippen molar-refractivity contribution in [3.63, 3.8) is 0 Å². The number of hydrogen-bond donors (Lipinski definition) is 2. The molecule has 14 heteroatoms. The molecule has 0 aliphatic carbocycles. The van der Waals surface area contributed by atoms with Crippen LogP contribution in [0.25, 0.3) is 16.9 Å². The van der Waals surface area contributed by atoms with Crippen molar-refractivity contribution in [1.29, 1.82) is 0 Å². The summed E-state index contributed by atoms with van der Waals surface area (Å²) in [6.45, 7) is 0.834. The third-order valence-electron chi connectivity index (χ3n) is 5.20. The molecule has 0 spiro atoms. The van der Waals surface area contributed by atoms with E-state index in [-0.39, 0.29) is 56.5 Å². The standard InChI is InChI=1S/C23H20ClF2N5O6/c1-10(32)27-22-29-20-19(21(30-22)36-4)28-23(33)31(20)14-8-17(16(35-3)7-12(14)24)37-9-11-15(34-2)6-5-13(25)18(11)26/h5-8H,9H2,1-4H3,(H,28,33)(H,27,29,30,32). The zero-order chi connectivity index (χ0) is 26.9. The number of carbonyl (C=O) groups excluding carboxylic acids is 1. The second-order valence-electron chi connectivity index (χ2n) is 7.49. The molecule has 0 saturated carbocycles. The summed E-state index contributed by atoms with van der Waals surface area (Å²) >= 11 is 6.47. The predicted molar refractivity (Wildman–Crippen MR) is 129 cm³/mol. The van der Waals surface area contributed by atoms with Gasteiger partial charge in [-0.15, -0.1) is 0 Å². The number of aromatic nitrogens is 4. The zero-order valence-electron chi connectivity index (χ0n) is 19.9. The first-order valence-electron chi connectivity index (χ1n) is 10.5. The Hall–Kier alpha value is -4.39. The van der Waals surface area contributed by atoms with Crippen molar-refractivity contribution in [3.8, 4) is 28.8 Å². The highest BCUT2D eigenvalue weighted by Crippen LogP contribution is 2.37. The van der Waals surface area contributed by atoms with Crippen molar-refractivity contribution in [1.82, 2.24) is 19.5 Å². The van der Waals surface area contributed by atoms with Crippen LogP contribution in [0.4, 0.5) is 14.7 Å². The van der Waals surface area contributed by atoms with E-state index in [1.807, 2.05) is 0 Å². The molecule has 1 amide bonds. The number of carbonyl (C=O) groups is 1. The van der Waals surface area contributed by atoms with Gasteiger partial charge in [-0.25, -0.2) is 18.1 Å². The number of imidazole rings is 1. The summed E-state index contributed by atoms with van der Waals surface area (Å²) in [5.41, 5.74) is -0.532. The lowest BCUT2D eigenvalue weighted by atomic mass is 10.2. The molecule has 4 rings (SSSR count). The average Bonchev–Trinajstić information content (AvgIpc) is 3.19. The smallest absolute Gasteiger partial charge is 0.332 e. The Morgan fingerprint density at radius 3 is 2.46 bits per heavy atom. The molecular weight excluding hydrogens is 516 g/mol. The molecule has 0 bridgehead atoms. The predicted octanol–water partition coefficient (Wildman–Crippen LogP) is 3.60. The molecule has 0 unspecified atom stereocenters. The number of hydrogen-bond acceptors (Lipinski definition) is 8. The Morgan fingerprint density at radius 2 is 1.81 bits per heavy atom. The van der Waals surface area contributed by atoms with Crippen LogP contribution in [-0.2, 0) is 11.4 Å². The lowest BCUT2D eigenvalue weighted by Gasteiger charge is -2.16. The monoisotopic (exact) mass is 535 g/mol. The molecule has 0 fully saturated rings. The Morgan fingerprint density at radius 1 is 1.08 bits per heavy atom. The van der Waals surface area contributed by atoms with E-state index >= 15 is 0 Å². The molecule has 2 heterocycles. The fraction of sp³-hybridized carbons (Fsp3) is 0.217. The molecule has 0 radical (unpaired) electrons. The summed E-state index contributed by atoms with van der Waals surface area (Å²) in [4.78, 5) is 35.4. The van der Waals surface area contributed by atoms with Crippen molar-refractivity contribution >= 4 is 34.6 Å². The van der Waals surface area contributed by atoms with E-state index in [0.717, 1.165) is 10.6 Å². The number of fused-ring (bicyclic) bond motifs is 1. The molecular formula is C23H20ClF2N5O6. The van der Waals surface area contributed by atoms with Gasteiger partial charge in [-0.1, -0.05) is 11.6 Å². The average molecular weight is 536 g/mol. The molecule has 2 aromatic carbocycles. The molecule has 4 aromatic rings. The van der Waals surface area contributed by atoms with E-state index in [0.29, 0.717) is 0 Å². The summed E-state index contributed by atoms with van der Waals surface area (Å²) in [7, 11) is 4.00. The van der Waals surface area contributed by atoms with Gasteiger partial charge in [0.1, 0.15) is 17.9 Å². The Bertz CT molecular complexity index is 1570. The van der Waals surface area contributed by atoms with Gasteiger partial charge in [-0.2, -0.15) is 9.97 Å². The normalized spacial score (nSPS) is 10.9. The quantitative estimate of drug-likeness (QED) is 0.350. The van der Waals surface area contributed by atoms with Gasteiger partial charge in [-0.05, 0) is 12.1 Å². The van der Waals surface area contributed by atoms with E-state index in [1.54, 1.807) is 0 Å². The van der Waals surface area contributed by atoms with Crippen molar-refractivity contribution in [3.05, 3.63) is 57.0 Å². The number of halogens is 3. The Kier molecular flexibility index (Phi) is 7.16. The van der Waals surface area contributed by atoms with Crippen LogP contribution in [-0.4, -0.2) is 46.8 Å². The second kappa shape index (κ2) is 10.3. The van der Waals surface area contributed by atoms with E-state index in [1.165, 1.54) is 46.5 Å². The molecule has 11 nitrogen and oxygen atoms in total. The first-order chi connectivity index (χ1) is 17.7. The maximum atomic E-state index is 14.4. The van der Waals surface area contributed by atoms with Crippen LogP contribution in [0.1, 0.15) is 12.5 Å². The van der Waals surface area contributed by atoms with Crippen molar-refractivity contribution in [2.75, 3.05) is 26.6 Å². The van der Waals surface area contributed by atoms with Gasteiger partial charge in [0.2, 0.25) is 17.7 Å². The van der Waals surface area contributed by atoms with Gasteiger partial charge < -0.3 is 18.9 Å². The van der Waals surface area contributed by atoms with Gasteiger partial charge in [0.25, 0.3) is 0 Å². The van der Waals surface area contributed by atoms with E-state index < -0.39 is 29.8 Å². The van der Waals surface area contributed by atoms with Crippen LogP contribution >= 0.6 is 11.6 Å². The summed E-state index contributed by atoms with van der Waals surface area (Å²) in [5.74, 6) is -2.47. The van der Waals surface area contributed by atoms with Crippen LogP contribution in [0.3, 0.4) is 0 Å². The third kappa shape index (κ3) is 4.85. The number of anilines is 1. The van der Waals surface area contributed by atoms with E-state index in [9.17, 15) is 18.4 Å². The molecule has 194 valence electrons. The number of rotatable bonds is 8. The highest BCUT2D eigenvalue weighted by atomic mass is 35.5. The molecule has 2 N–H and O–H groups in total. The van der Waals surface area contributed by atoms with Crippen molar-refractivity contribution < 1.29 is 32.5 Å². The first kappa shape index (κ1) is 25.7. The Labute approximate surface area is 212 Å². The summed E-state index contributed by atoms with van der Waals surface area (Å²) in [5, 5.41) is 2.51. The number of H-pyrrole nitrogens is 1. The number of ether oxygens (including phenoxy) is 4. The molecule has 0 atom stereocenters. The maximum absolute atomic E-state index is 14.4. The molecule has 0 aliphatic heterocycles. The van der Waals surface area contributed by atoms with E-state index in [2.05, 4.69) is 20.3 Å². The van der Waals surface area contributed by atoms with Crippen LogP contribution in [0.15, 0.2) is 29.1 Å². The van der Waals surface area contributed by atoms with Gasteiger partial charge in [0.05, 0.1) is 37.6 Å². The van der Waals surface area contributed by atoms with Crippen molar-refractivity contribution in [2.45, 2.75) is 13.5 Å². The lowest BCUT2D eigenvalue weighted by molar-refractivity contribution is -0.114. The summed E-state index contributed by atoms with van der Waals surface area (Å²) in [6.07, 6.45) is 0. The number of amides is 1. The van der Waals surface area contributed by atoms with Gasteiger partial charge in [0.15, 0.2) is 28.8 Å². The van der Waals surface area contributed by atoms with Crippen LogP contribution in [0, 0.1) is 11.6 Å². The third-order valence-corrected chi connectivity index (χ3v) is 5.51. The maximum Gasteiger partial charge on any atom is 0.332 e. The number of aromatic amines is 1. The van der Waals surface area contributed by atoms with Gasteiger partial charge >= 0.3 is 5.69 Å². The van der Waals surface area contributed by atoms with Crippen LogP contribution < -0.4 is 30.0 Å². The number of benzene rings is 2. The lowest BCUT2D eigenvalue weighted by Crippen LogP contribution is -2.16. The van der Waals surface area contributed by atoms with Crippen molar-refractivity contribution in [2.24, 2.45) is 0 Å². The number of nitrogens with zero attached hydrogens (tertiary/aromatic N) is 3. The molecule has 2 aromatic heterocycles. The number of nitrogens with one attached hydrogen (secondary N) is 2. The van der Waals surface area contributed by atoms with Gasteiger partial charge in [0, 0.05) is 19.1 Å². The fourth-order valence-electron chi connectivity index (χ4n) is 3.56. The fourth-order valence-corrected chi connectivity index (χ4v) is 3.80. The van der Waals surface area contributed by atoms with Crippen LogP contribution in [0.5, 0.6) is 23.1 Å². The minimum absolute atomic E-state index is 0.000572. The molecule has 37 heavy (non-hydrogen) atoms. The minimum Gasteiger partial charge on any atom is -0.496 e. The van der Waals surface area contributed by atoms with E-state index in [4.69, 9.17) is 30.5 Å². The first-order valence-corrected chi connectivity index (χ1v) is 10.9. The Balaban J connectivity index is 1.85. The molecule has 0 aliphatic rings. The molecule has 0 saturated heterocycles. The highest BCUT2D eigenvalue weighted by Gasteiger charge is 2.22. The topological polar surface area (TPSA) is 130 Å². The second-order valence-corrected chi connectivity index (χ2v) is 7.89. The summed E-state index contributed by atoms with van der Waals surface area (Å²) in [6, 6.07) is 4.95. The zero-order valence-corrected chi connectivity index (χ0v) is 20.7. The SMILES string of the molecule is COc1cc(Cl)c(-n2c(=O)[nH]c3c(OC)nc(NC(C)=O)nc32)cc1OCc1c(OC)ccc(F)c1F. The largest absolute Gasteiger partial charge is 0.496 e. The number of methoxy groups -OCH3 is 3. The van der Waals surface area contributed by atoms with Crippen LogP contribution in [0.2, 0.25) is 5.02 Å².